The molecule has 1 N–H and O–H groups in total. The van der Waals surface area contributed by atoms with E-state index in [1.54, 1.807) is 11.3 Å². The van der Waals surface area contributed by atoms with Gasteiger partial charge in [-0.25, -0.2) is 0 Å². The highest BCUT2D eigenvalue weighted by atomic mass is 32.1. The fourth-order valence-corrected chi connectivity index (χ4v) is 4.38. The molecule has 1 aliphatic rings. The van der Waals surface area contributed by atoms with Crippen molar-refractivity contribution in [3.8, 4) is 0 Å². The molecule has 0 spiro atoms. The molecule has 0 radical (unpaired) electrons. The number of carbonyl (C=O) groups is 1. The van der Waals surface area contributed by atoms with Crippen LogP contribution in [0, 0.1) is 6.92 Å². The maximum Gasteiger partial charge on any atom is 0.238 e. The number of likely N-dealkylation sites (N-methyl/N-ethyl adjacent to an activating group) is 1. The molecule has 4 nitrogen and oxygen atoms in total. The molecule has 0 aliphatic carbocycles. The number of rotatable bonds is 6. The predicted octanol–water partition coefficient (Wildman–Crippen LogP) is 4.51. The Bertz CT molecular complexity index is 702. The summed E-state index contributed by atoms with van der Waals surface area (Å²) < 4.78 is 0. The van der Waals surface area contributed by atoms with Crippen LogP contribution >= 0.6 is 11.3 Å². The van der Waals surface area contributed by atoms with E-state index in [-0.39, 0.29) is 5.91 Å². The largest absolute Gasteiger partial charge is 0.372 e. The number of hydrogen-bond acceptors (Lipinski definition) is 4. The summed E-state index contributed by atoms with van der Waals surface area (Å²) in [6.07, 6.45) is 5.22. The molecule has 0 unspecified atom stereocenters. The van der Waals surface area contributed by atoms with Gasteiger partial charge in [0, 0.05) is 35.9 Å². The Morgan fingerprint density at radius 2 is 1.81 bits per heavy atom. The van der Waals surface area contributed by atoms with E-state index in [9.17, 15) is 4.79 Å². The second-order valence-corrected chi connectivity index (χ2v) is 8.20. The summed E-state index contributed by atoms with van der Waals surface area (Å²) in [5.74, 6) is 0.0317. The van der Waals surface area contributed by atoms with Gasteiger partial charge < -0.3 is 10.2 Å². The van der Waals surface area contributed by atoms with E-state index in [4.69, 9.17) is 0 Å². The van der Waals surface area contributed by atoms with Crippen molar-refractivity contribution in [2.75, 3.05) is 36.9 Å². The lowest BCUT2D eigenvalue weighted by molar-refractivity contribution is -0.117. The Labute approximate surface area is 160 Å². The summed E-state index contributed by atoms with van der Waals surface area (Å²) in [4.78, 5) is 18.1. The molecule has 2 aromatic rings. The van der Waals surface area contributed by atoms with Crippen molar-refractivity contribution in [3.05, 3.63) is 46.2 Å². The minimum atomic E-state index is 0.0317. The SMILES string of the molecule is Cc1ccsc1CN(C)CC(=O)Nc1ccc(N2CCCCCC2)cc1. The van der Waals surface area contributed by atoms with E-state index in [1.807, 2.05) is 19.2 Å². The lowest BCUT2D eigenvalue weighted by Crippen LogP contribution is -2.29. The molecule has 140 valence electrons. The third kappa shape index (κ3) is 5.32. The molecular formula is C21H29N3OS. The fraction of sp³-hybridized carbons (Fsp3) is 0.476. The molecule has 0 atom stereocenters. The number of amides is 1. The second kappa shape index (κ2) is 9.19. The smallest absolute Gasteiger partial charge is 0.238 e. The van der Waals surface area contributed by atoms with Gasteiger partial charge in [0.2, 0.25) is 5.91 Å². The summed E-state index contributed by atoms with van der Waals surface area (Å²) in [6.45, 7) is 5.60. The average molecular weight is 372 g/mol. The zero-order valence-corrected chi connectivity index (χ0v) is 16.6. The van der Waals surface area contributed by atoms with Crippen molar-refractivity contribution in [3.63, 3.8) is 0 Å². The maximum atomic E-state index is 12.3. The number of anilines is 2. The lowest BCUT2D eigenvalue weighted by Gasteiger charge is -2.23. The Hall–Kier alpha value is -1.85. The number of aryl methyl sites for hydroxylation is 1. The van der Waals surface area contributed by atoms with Gasteiger partial charge in [0.15, 0.2) is 0 Å². The van der Waals surface area contributed by atoms with Gasteiger partial charge in [0.25, 0.3) is 0 Å². The number of hydrogen-bond donors (Lipinski definition) is 1. The van der Waals surface area contributed by atoms with E-state index in [1.165, 1.54) is 41.8 Å². The summed E-state index contributed by atoms with van der Waals surface area (Å²) in [6, 6.07) is 10.4. The number of carbonyl (C=O) groups excluding carboxylic acids is 1. The zero-order chi connectivity index (χ0) is 18.4. The van der Waals surface area contributed by atoms with E-state index >= 15 is 0 Å². The summed E-state index contributed by atoms with van der Waals surface area (Å²) >= 11 is 1.75. The van der Waals surface area contributed by atoms with E-state index in [0.717, 1.165) is 25.3 Å². The van der Waals surface area contributed by atoms with Crippen LogP contribution in [-0.2, 0) is 11.3 Å². The van der Waals surface area contributed by atoms with Crippen LogP contribution in [-0.4, -0.2) is 37.5 Å². The maximum absolute atomic E-state index is 12.3. The van der Waals surface area contributed by atoms with E-state index in [0.29, 0.717) is 6.54 Å². The van der Waals surface area contributed by atoms with Gasteiger partial charge in [-0.05, 0) is 68.1 Å². The minimum Gasteiger partial charge on any atom is -0.372 e. The second-order valence-electron chi connectivity index (χ2n) is 7.20. The van der Waals surface area contributed by atoms with Crippen LogP contribution in [0.25, 0.3) is 0 Å². The molecule has 3 rings (SSSR count). The topological polar surface area (TPSA) is 35.6 Å². The molecule has 1 aliphatic heterocycles. The first-order chi connectivity index (χ1) is 12.6. The molecular weight excluding hydrogens is 342 g/mol. The van der Waals surface area contributed by atoms with Crippen LogP contribution < -0.4 is 10.2 Å². The Morgan fingerprint density at radius 3 is 2.42 bits per heavy atom. The third-order valence-electron chi connectivity index (χ3n) is 4.92. The molecule has 0 bridgehead atoms. The number of nitrogens with zero attached hydrogens (tertiary/aromatic N) is 2. The van der Waals surface area contributed by atoms with Crippen LogP contribution in [0.15, 0.2) is 35.7 Å². The Balaban J connectivity index is 1.50. The third-order valence-corrected chi connectivity index (χ3v) is 5.93. The summed E-state index contributed by atoms with van der Waals surface area (Å²) in [5.41, 5.74) is 3.43. The first-order valence-electron chi connectivity index (χ1n) is 9.48. The average Bonchev–Trinajstić information content (AvgIpc) is 2.86. The molecule has 0 saturated carbocycles. The van der Waals surface area contributed by atoms with Crippen molar-refractivity contribution in [1.29, 1.82) is 0 Å². The highest BCUT2D eigenvalue weighted by molar-refractivity contribution is 7.10. The normalized spacial score (nSPS) is 15.1. The van der Waals surface area contributed by atoms with Crippen LogP contribution in [0.1, 0.15) is 36.1 Å². The first kappa shape index (κ1) is 18.9. The molecule has 1 aromatic carbocycles. The van der Waals surface area contributed by atoms with Gasteiger partial charge in [-0.2, -0.15) is 0 Å². The van der Waals surface area contributed by atoms with Crippen molar-refractivity contribution < 1.29 is 4.79 Å². The van der Waals surface area contributed by atoms with Crippen molar-refractivity contribution in [2.45, 2.75) is 39.2 Å². The quantitative estimate of drug-likeness (QED) is 0.812. The van der Waals surface area contributed by atoms with Crippen LogP contribution in [0.3, 0.4) is 0 Å². The molecule has 1 fully saturated rings. The van der Waals surface area contributed by atoms with Gasteiger partial charge in [-0.15, -0.1) is 11.3 Å². The van der Waals surface area contributed by atoms with E-state index in [2.05, 4.69) is 45.6 Å². The van der Waals surface area contributed by atoms with Crippen LogP contribution in [0.4, 0.5) is 11.4 Å². The van der Waals surface area contributed by atoms with Crippen molar-refractivity contribution in [2.24, 2.45) is 0 Å². The molecule has 2 heterocycles. The molecule has 26 heavy (non-hydrogen) atoms. The molecule has 1 amide bonds. The fourth-order valence-electron chi connectivity index (χ4n) is 3.40. The zero-order valence-electron chi connectivity index (χ0n) is 15.8. The number of thiophene rings is 1. The minimum absolute atomic E-state index is 0.0317. The standard InChI is InChI=1S/C21H29N3OS/c1-17-11-14-26-20(17)15-23(2)16-21(25)22-18-7-9-19(10-8-18)24-12-5-3-4-6-13-24/h7-11,14H,3-6,12-13,15-16H2,1-2H3,(H,22,25). The van der Waals surface area contributed by atoms with E-state index < -0.39 is 0 Å². The Morgan fingerprint density at radius 1 is 1.12 bits per heavy atom. The van der Waals surface area contributed by atoms with Gasteiger partial charge in [-0.1, -0.05) is 12.8 Å². The number of nitrogens with one attached hydrogen (secondary N) is 1. The molecule has 1 aromatic heterocycles. The van der Waals surface area contributed by atoms with Crippen LogP contribution in [0.2, 0.25) is 0 Å². The highest BCUT2D eigenvalue weighted by Crippen LogP contribution is 2.22. The summed E-state index contributed by atoms with van der Waals surface area (Å²) in [5, 5.41) is 5.12. The molecule has 1 saturated heterocycles. The number of benzene rings is 1. The Kier molecular flexibility index (Phi) is 6.69. The lowest BCUT2D eigenvalue weighted by atomic mass is 10.2. The highest BCUT2D eigenvalue weighted by Gasteiger charge is 2.12. The van der Waals surface area contributed by atoms with Crippen molar-refractivity contribution in [1.82, 2.24) is 4.90 Å². The van der Waals surface area contributed by atoms with Crippen LogP contribution in [0.5, 0.6) is 0 Å². The summed E-state index contributed by atoms with van der Waals surface area (Å²) in [7, 11) is 1.99. The monoisotopic (exact) mass is 371 g/mol. The predicted molar refractivity (Wildman–Crippen MR) is 111 cm³/mol. The van der Waals surface area contributed by atoms with Gasteiger partial charge in [0.1, 0.15) is 0 Å². The van der Waals surface area contributed by atoms with Gasteiger partial charge in [0.05, 0.1) is 6.54 Å². The van der Waals surface area contributed by atoms with Gasteiger partial charge in [-0.3, -0.25) is 9.69 Å². The first-order valence-corrected chi connectivity index (χ1v) is 10.4. The van der Waals surface area contributed by atoms with Gasteiger partial charge >= 0.3 is 0 Å². The van der Waals surface area contributed by atoms with Crippen molar-refractivity contribution >= 4 is 28.6 Å². The molecule has 5 heteroatoms.